The molecule has 0 aromatic carbocycles. The second-order valence-electron chi connectivity index (χ2n) is 4.60. The molecule has 1 aromatic rings. The number of aromatic nitrogens is 1. The Morgan fingerprint density at radius 3 is 2.71 bits per heavy atom. The van der Waals surface area contributed by atoms with E-state index in [4.69, 9.17) is 4.74 Å². The molecule has 5 nitrogen and oxygen atoms in total. The normalized spacial score (nSPS) is 12.9. The van der Waals surface area contributed by atoms with Crippen LogP contribution in [0.25, 0.3) is 0 Å². The molecule has 0 aliphatic heterocycles. The molecule has 0 radical (unpaired) electrons. The summed E-state index contributed by atoms with van der Waals surface area (Å²) in [7, 11) is 0. The first-order valence-corrected chi connectivity index (χ1v) is 6.10. The number of hydrogen-bond acceptors (Lipinski definition) is 5. The van der Waals surface area contributed by atoms with Crippen LogP contribution < -0.4 is 5.32 Å². The van der Waals surface area contributed by atoms with Crippen molar-refractivity contribution in [3.63, 3.8) is 0 Å². The first-order valence-electron chi connectivity index (χ1n) is 5.22. The molecule has 0 aliphatic rings. The van der Waals surface area contributed by atoms with E-state index in [0.717, 1.165) is 0 Å². The van der Waals surface area contributed by atoms with Gasteiger partial charge in [-0.15, -0.1) is 11.3 Å². The van der Waals surface area contributed by atoms with Crippen molar-refractivity contribution in [3.05, 3.63) is 16.1 Å². The second kappa shape index (κ2) is 5.27. The third-order valence-electron chi connectivity index (χ3n) is 1.82. The molecule has 1 atom stereocenters. The first kappa shape index (κ1) is 13.6. The maximum absolute atomic E-state index is 11.5. The van der Waals surface area contributed by atoms with Gasteiger partial charge in [0.1, 0.15) is 5.60 Å². The van der Waals surface area contributed by atoms with E-state index in [1.807, 2.05) is 0 Å². The molecule has 0 saturated carbocycles. The molecule has 0 spiro atoms. The van der Waals surface area contributed by atoms with Gasteiger partial charge < -0.3 is 10.1 Å². The highest BCUT2D eigenvalue weighted by molar-refractivity contribution is 7.11. The quantitative estimate of drug-likeness (QED) is 0.844. The van der Waals surface area contributed by atoms with Gasteiger partial charge in [0.15, 0.2) is 11.3 Å². The molecule has 0 aliphatic carbocycles. The monoisotopic (exact) mass is 256 g/mol. The third-order valence-corrected chi connectivity index (χ3v) is 2.61. The molecule has 1 heterocycles. The third kappa shape index (κ3) is 4.52. The fraction of sp³-hybridized carbons (Fsp3) is 0.545. The highest BCUT2D eigenvalue weighted by atomic mass is 32.1. The average Bonchev–Trinajstić information content (AvgIpc) is 2.62. The molecule has 0 bridgehead atoms. The zero-order chi connectivity index (χ0) is 13.1. The Hall–Kier alpha value is -1.43. The van der Waals surface area contributed by atoms with Gasteiger partial charge in [-0.2, -0.15) is 0 Å². The van der Waals surface area contributed by atoms with E-state index >= 15 is 0 Å². The Morgan fingerprint density at radius 2 is 2.24 bits per heavy atom. The minimum atomic E-state index is -0.528. The fourth-order valence-electron chi connectivity index (χ4n) is 1.11. The summed E-state index contributed by atoms with van der Waals surface area (Å²) in [6, 6.07) is -0.283. The lowest BCUT2D eigenvalue weighted by atomic mass is 10.2. The number of thiazole rings is 1. The SMILES string of the molecule is CC(NC(=O)OC(C)(C)C)c1csc(C=O)n1. The number of nitrogens with zero attached hydrogens (tertiary/aromatic N) is 1. The molecule has 17 heavy (non-hydrogen) atoms. The van der Waals surface area contributed by atoms with Crippen molar-refractivity contribution in [2.45, 2.75) is 39.3 Å². The molecule has 1 amide bonds. The van der Waals surface area contributed by atoms with E-state index < -0.39 is 11.7 Å². The van der Waals surface area contributed by atoms with E-state index in [2.05, 4.69) is 10.3 Å². The van der Waals surface area contributed by atoms with Gasteiger partial charge in [0.05, 0.1) is 11.7 Å². The summed E-state index contributed by atoms with van der Waals surface area (Å²) in [6.07, 6.45) is 0.194. The van der Waals surface area contributed by atoms with Crippen LogP contribution in [0.15, 0.2) is 5.38 Å². The number of hydrogen-bond donors (Lipinski definition) is 1. The predicted octanol–water partition coefficient (Wildman–Crippen LogP) is 2.54. The molecular formula is C11H16N2O3S. The first-order chi connectivity index (χ1) is 7.81. The molecular weight excluding hydrogens is 240 g/mol. The summed E-state index contributed by atoms with van der Waals surface area (Å²) in [5, 5.41) is 4.80. The second-order valence-corrected chi connectivity index (χ2v) is 5.49. The maximum atomic E-state index is 11.5. The number of nitrogens with one attached hydrogen (secondary N) is 1. The van der Waals surface area contributed by atoms with Crippen LogP contribution in [0.5, 0.6) is 0 Å². The Labute approximate surface area is 104 Å². The van der Waals surface area contributed by atoms with E-state index in [1.165, 1.54) is 11.3 Å². The molecule has 6 heteroatoms. The molecule has 1 unspecified atom stereocenters. The van der Waals surface area contributed by atoms with Gasteiger partial charge in [0.2, 0.25) is 0 Å². The number of ether oxygens (including phenoxy) is 1. The van der Waals surface area contributed by atoms with E-state index in [1.54, 1.807) is 33.1 Å². The number of carbonyl (C=O) groups excluding carboxylic acids is 2. The Balaban J connectivity index is 2.57. The van der Waals surface area contributed by atoms with Crippen molar-refractivity contribution in [2.24, 2.45) is 0 Å². The Kier molecular flexibility index (Phi) is 4.22. The summed E-state index contributed by atoms with van der Waals surface area (Å²) in [4.78, 5) is 26.0. The molecule has 0 fully saturated rings. The van der Waals surface area contributed by atoms with Crippen molar-refractivity contribution in [1.82, 2.24) is 10.3 Å². The number of rotatable bonds is 3. The zero-order valence-corrected chi connectivity index (χ0v) is 11.1. The number of alkyl carbamates (subject to hydrolysis) is 1. The minimum Gasteiger partial charge on any atom is -0.444 e. The highest BCUT2D eigenvalue weighted by Gasteiger charge is 2.19. The van der Waals surface area contributed by atoms with Gasteiger partial charge in [0.25, 0.3) is 0 Å². The van der Waals surface area contributed by atoms with Crippen molar-refractivity contribution in [2.75, 3.05) is 0 Å². The number of aldehydes is 1. The summed E-state index contributed by atoms with van der Waals surface area (Å²) in [5.74, 6) is 0. The van der Waals surface area contributed by atoms with E-state index in [9.17, 15) is 9.59 Å². The van der Waals surface area contributed by atoms with Crippen LogP contribution in [-0.2, 0) is 4.74 Å². The highest BCUT2D eigenvalue weighted by Crippen LogP contribution is 2.16. The van der Waals surface area contributed by atoms with Gasteiger partial charge in [-0.05, 0) is 27.7 Å². The summed E-state index contributed by atoms with van der Waals surface area (Å²) in [5.41, 5.74) is 0.128. The van der Waals surface area contributed by atoms with Crippen LogP contribution in [0.3, 0.4) is 0 Å². The summed E-state index contributed by atoms with van der Waals surface area (Å²) >= 11 is 1.25. The smallest absolute Gasteiger partial charge is 0.408 e. The van der Waals surface area contributed by atoms with Gasteiger partial charge in [-0.3, -0.25) is 4.79 Å². The molecule has 1 N–H and O–H groups in total. The van der Waals surface area contributed by atoms with Gasteiger partial charge in [-0.25, -0.2) is 9.78 Å². The molecule has 0 saturated heterocycles. The largest absolute Gasteiger partial charge is 0.444 e. The molecule has 94 valence electrons. The maximum Gasteiger partial charge on any atom is 0.408 e. The lowest BCUT2D eigenvalue weighted by Gasteiger charge is -2.21. The van der Waals surface area contributed by atoms with Gasteiger partial charge in [0, 0.05) is 5.38 Å². The average molecular weight is 256 g/mol. The predicted molar refractivity (Wildman–Crippen MR) is 65.3 cm³/mol. The lowest BCUT2D eigenvalue weighted by Crippen LogP contribution is -2.34. The summed E-state index contributed by atoms with van der Waals surface area (Å²) < 4.78 is 5.12. The van der Waals surface area contributed by atoms with Crippen LogP contribution in [0.1, 0.15) is 49.2 Å². The Bertz CT molecular complexity index is 409. The molecule has 1 rings (SSSR count). The Morgan fingerprint density at radius 1 is 1.59 bits per heavy atom. The van der Waals surface area contributed by atoms with Crippen molar-refractivity contribution >= 4 is 23.7 Å². The number of amides is 1. The van der Waals surface area contributed by atoms with E-state index in [-0.39, 0.29) is 6.04 Å². The van der Waals surface area contributed by atoms with Gasteiger partial charge >= 0.3 is 6.09 Å². The van der Waals surface area contributed by atoms with E-state index in [0.29, 0.717) is 17.0 Å². The topological polar surface area (TPSA) is 68.3 Å². The van der Waals surface area contributed by atoms with Crippen LogP contribution in [0, 0.1) is 0 Å². The van der Waals surface area contributed by atoms with Crippen LogP contribution >= 0.6 is 11.3 Å². The van der Waals surface area contributed by atoms with Crippen LogP contribution in [0.2, 0.25) is 0 Å². The van der Waals surface area contributed by atoms with Crippen LogP contribution in [-0.4, -0.2) is 23.0 Å². The van der Waals surface area contributed by atoms with Crippen molar-refractivity contribution < 1.29 is 14.3 Å². The van der Waals surface area contributed by atoms with Crippen molar-refractivity contribution in [1.29, 1.82) is 0 Å². The van der Waals surface area contributed by atoms with Crippen LogP contribution in [0.4, 0.5) is 4.79 Å². The van der Waals surface area contributed by atoms with Gasteiger partial charge in [-0.1, -0.05) is 0 Å². The minimum absolute atomic E-state index is 0.283. The molecule has 1 aromatic heterocycles. The zero-order valence-electron chi connectivity index (χ0n) is 10.3. The number of carbonyl (C=O) groups is 2. The standard InChI is InChI=1S/C11H16N2O3S/c1-7(8-6-17-9(5-14)13-8)12-10(15)16-11(2,3)4/h5-7H,1-4H3,(H,12,15). The summed E-state index contributed by atoms with van der Waals surface area (Å²) in [6.45, 7) is 7.17. The fourth-order valence-corrected chi connectivity index (χ4v) is 1.82. The van der Waals surface area contributed by atoms with Crippen molar-refractivity contribution in [3.8, 4) is 0 Å². The lowest BCUT2D eigenvalue weighted by molar-refractivity contribution is 0.0507.